The van der Waals surface area contributed by atoms with E-state index in [9.17, 15) is 4.79 Å². The zero-order valence-electron chi connectivity index (χ0n) is 11.1. The highest BCUT2D eigenvalue weighted by molar-refractivity contribution is 9.10. The molecule has 0 unspecified atom stereocenters. The summed E-state index contributed by atoms with van der Waals surface area (Å²) in [5, 5.41) is 5.35. The predicted molar refractivity (Wildman–Crippen MR) is 81.6 cm³/mol. The minimum absolute atomic E-state index is 0.279. The summed E-state index contributed by atoms with van der Waals surface area (Å²) >= 11 is 3.23. The number of urea groups is 1. The lowest BCUT2D eigenvalue weighted by Gasteiger charge is -2.06. The van der Waals surface area contributed by atoms with E-state index in [2.05, 4.69) is 55.6 Å². The molecule has 5 nitrogen and oxygen atoms in total. The van der Waals surface area contributed by atoms with Crippen LogP contribution in [0.2, 0.25) is 0 Å². The Labute approximate surface area is 126 Å². The van der Waals surface area contributed by atoms with E-state index in [1.807, 2.05) is 12.1 Å². The number of amides is 2. The first-order valence-electron chi connectivity index (χ1n) is 6.21. The Morgan fingerprint density at radius 2 is 2.05 bits per heavy atom. The molecule has 2 aromatic rings. The second-order valence-electron chi connectivity index (χ2n) is 4.34. The molecule has 6 heteroatoms. The number of anilines is 1. The SMILES string of the molecule is Cc1cccc(CCNC(=O)Nc2ncc(Br)cn2)c1. The molecule has 1 aromatic carbocycles. The van der Waals surface area contributed by atoms with Crippen LogP contribution < -0.4 is 10.6 Å². The van der Waals surface area contributed by atoms with E-state index in [1.165, 1.54) is 11.1 Å². The second-order valence-corrected chi connectivity index (χ2v) is 5.26. The summed E-state index contributed by atoms with van der Waals surface area (Å²) in [6, 6.07) is 7.91. The maximum absolute atomic E-state index is 11.6. The number of hydrogen-bond donors (Lipinski definition) is 2. The molecule has 0 radical (unpaired) electrons. The third kappa shape index (κ3) is 4.62. The Morgan fingerprint density at radius 1 is 1.30 bits per heavy atom. The number of rotatable bonds is 4. The monoisotopic (exact) mass is 334 g/mol. The Kier molecular flexibility index (Phi) is 5.06. The summed E-state index contributed by atoms with van der Waals surface area (Å²) in [6.07, 6.45) is 3.95. The van der Waals surface area contributed by atoms with E-state index < -0.39 is 0 Å². The van der Waals surface area contributed by atoms with Crippen LogP contribution in [-0.4, -0.2) is 22.5 Å². The number of nitrogens with zero attached hydrogens (tertiary/aromatic N) is 2. The summed E-state index contributed by atoms with van der Waals surface area (Å²) in [7, 11) is 0. The van der Waals surface area contributed by atoms with Crippen molar-refractivity contribution in [2.24, 2.45) is 0 Å². The van der Waals surface area contributed by atoms with Crippen molar-refractivity contribution in [2.75, 3.05) is 11.9 Å². The van der Waals surface area contributed by atoms with Gasteiger partial charge in [0.25, 0.3) is 0 Å². The van der Waals surface area contributed by atoms with Crippen molar-refractivity contribution >= 4 is 27.9 Å². The highest BCUT2D eigenvalue weighted by atomic mass is 79.9. The molecule has 2 amide bonds. The van der Waals surface area contributed by atoms with Crippen molar-refractivity contribution in [2.45, 2.75) is 13.3 Å². The molecule has 0 saturated heterocycles. The van der Waals surface area contributed by atoms with Crippen LogP contribution in [-0.2, 0) is 6.42 Å². The molecule has 0 atom stereocenters. The molecular formula is C14H15BrN4O. The first-order valence-corrected chi connectivity index (χ1v) is 7.01. The quantitative estimate of drug-likeness (QED) is 0.903. The molecule has 0 aliphatic carbocycles. The van der Waals surface area contributed by atoms with Gasteiger partial charge in [0.15, 0.2) is 0 Å². The van der Waals surface area contributed by atoms with Gasteiger partial charge in [0, 0.05) is 18.9 Å². The zero-order chi connectivity index (χ0) is 14.4. The second kappa shape index (κ2) is 7.00. The van der Waals surface area contributed by atoms with Gasteiger partial charge in [-0.2, -0.15) is 0 Å². The number of nitrogens with one attached hydrogen (secondary N) is 2. The van der Waals surface area contributed by atoms with E-state index >= 15 is 0 Å². The van der Waals surface area contributed by atoms with E-state index in [4.69, 9.17) is 0 Å². The van der Waals surface area contributed by atoms with Gasteiger partial charge in [0.2, 0.25) is 5.95 Å². The molecule has 2 rings (SSSR count). The Morgan fingerprint density at radius 3 is 2.75 bits per heavy atom. The molecule has 104 valence electrons. The molecule has 1 aromatic heterocycles. The average Bonchev–Trinajstić information content (AvgIpc) is 2.41. The zero-order valence-corrected chi connectivity index (χ0v) is 12.6. The van der Waals surface area contributed by atoms with Gasteiger partial charge in [-0.05, 0) is 34.8 Å². The smallest absolute Gasteiger partial charge is 0.321 e. The van der Waals surface area contributed by atoms with Gasteiger partial charge in [-0.3, -0.25) is 5.32 Å². The normalized spacial score (nSPS) is 10.1. The summed E-state index contributed by atoms with van der Waals surface area (Å²) in [5.74, 6) is 0.279. The van der Waals surface area contributed by atoms with E-state index in [0.717, 1.165) is 10.9 Å². The summed E-state index contributed by atoms with van der Waals surface area (Å²) in [5.41, 5.74) is 2.42. The number of aromatic nitrogens is 2. The van der Waals surface area contributed by atoms with Crippen molar-refractivity contribution < 1.29 is 4.79 Å². The lowest BCUT2D eigenvalue weighted by Crippen LogP contribution is -2.31. The van der Waals surface area contributed by atoms with Crippen LogP contribution in [0.15, 0.2) is 41.1 Å². The number of halogens is 1. The van der Waals surface area contributed by atoms with Gasteiger partial charge in [0.1, 0.15) is 0 Å². The topological polar surface area (TPSA) is 66.9 Å². The first kappa shape index (κ1) is 14.5. The minimum atomic E-state index is -0.306. The maximum Gasteiger partial charge on any atom is 0.321 e. The first-order chi connectivity index (χ1) is 9.63. The summed E-state index contributed by atoms with van der Waals surface area (Å²) in [4.78, 5) is 19.6. The van der Waals surface area contributed by atoms with Gasteiger partial charge in [-0.25, -0.2) is 14.8 Å². The number of aryl methyl sites for hydroxylation is 1. The number of benzene rings is 1. The van der Waals surface area contributed by atoms with Crippen molar-refractivity contribution in [1.82, 2.24) is 15.3 Å². The Hall–Kier alpha value is -1.95. The van der Waals surface area contributed by atoms with Gasteiger partial charge < -0.3 is 5.32 Å². The Balaban J connectivity index is 1.76. The molecule has 0 saturated carbocycles. The maximum atomic E-state index is 11.6. The van der Waals surface area contributed by atoms with E-state index in [-0.39, 0.29) is 12.0 Å². The van der Waals surface area contributed by atoms with Crippen LogP contribution >= 0.6 is 15.9 Å². The number of hydrogen-bond acceptors (Lipinski definition) is 3. The fourth-order valence-electron chi connectivity index (χ4n) is 1.71. The lowest BCUT2D eigenvalue weighted by molar-refractivity contribution is 0.252. The number of carbonyl (C=O) groups excluding carboxylic acids is 1. The highest BCUT2D eigenvalue weighted by Crippen LogP contribution is 2.06. The predicted octanol–water partition coefficient (Wildman–Crippen LogP) is 2.91. The van der Waals surface area contributed by atoms with Crippen LogP contribution in [0.1, 0.15) is 11.1 Å². The van der Waals surface area contributed by atoms with Crippen molar-refractivity contribution in [3.63, 3.8) is 0 Å². The van der Waals surface area contributed by atoms with Gasteiger partial charge >= 0.3 is 6.03 Å². The molecule has 20 heavy (non-hydrogen) atoms. The molecule has 1 heterocycles. The lowest BCUT2D eigenvalue weighted by atomic mass is 10.1. The van der Waals surface area contributed by atoms with Crippen molar-refractivity contribution in [1.29, 1.82) is 0 Å². The fraction of sp³-hybridized carbons (Fsp3) is 0.214. The Bertz CT molecular complexity index is 586. The van der Waals surface area contributed by atoms with Crippen LogP contribution in [0, 0.1) is 6.92 Å². The van der Waals surface area contributed by atoms with Gasteiger partial charge in [-0.15, -0.1) is 0 Å². The summed E-state index contributed by atoms with van der Waals surface area (Å²) in [6.45, 7) is 2.61. The molecular weight excluding hydrogens is 320 g/mol. The number of carbonyl (C=O) groups is 1. The van der Waals surface area contributed by atoms with E-state index in [0.29, 0.717) is 6.54 Å². The van der Waals surface area contributed by atoms with Crippen molar-refractivity contribution in [3.05, 3.63) is 52.3 Å². The molecule has 0 aliphatic heterocycles. The largest absolute Gasteiger partial charge is 0.337 e. The van der Waals surface area contributed by atoms with Crippen LogP contribution in [0.5, 0.6) is 0 Å². The molecule has 0 aliphatic rings. The molecule has 0 fully saturated rings. The molecule has 0 spiro atoms. The minimum Gasteiger partial charge on any atom is -0.337 e. The van der Waals surface area contributed by atoms with Crippen LogP contribution in [0.4, 0.5) is 10.7 Å². The van der Waals surface area contributed by atoms with Crippen LogP contribution in [0.3, 0.4) is 0 Å². The molecule has 2 N–H and O–H groups in total. The van der Waals surface area contributed by atoms with Gasteiger partial charge in [-0.1, -0.05) is 29.8 Å². The fourth-order valence-corrected chi connectivity index (χ4v) is 1.92. The van der Waals surface area contributed by atoms with Crippen molar-refractivity contribution in [3.8, 4) is 0 Å². The third-order valence-corrected chi connectivity index (χ3v) is 3.04. The molecule has 0 bridgehead atoms. The standard InChI is InChI=1S/C14H15BrN4O/c1-10-3-2-4-11(7-10)5-6-16-14(20)19-13-17-8-12(15)9-18-13/h2-4,7-9H,5-6H2,1H3,(H2,16,17,18,19,20). The van der Waals surface area contributed by atoms with E-state index in [1.54, 1.807) is 12.4 Å². The average molecular weight is 335 g/mol. The summed E-state index contributed by atoms with van der Waals surface area (Å²) < 4.78 is 0.767. The van der Waals surface area contributed by atoms with Crippen LogP contribution in [0.25, 0.3) is 0 Å². The highest BCUT2D eigenvalue weighted by Gasteiger charge is 2.03. The van der Waals surface area contributed by atoms with Gasteiger partial charge in [0.05, 0.1) is 4.47 Å². The third-order valence-electron chi connectivity index (χ3n) is 2.63.